The van der Waals surface area contributed by atoms with E-state index in [9.17, 15) is 15.0 Å². The number of benzene rings is 1. The average molecular weight is 237 g/mol. The fourth-order valence-corrected chi connectivity index (χ4v) is 1.96. The molecule has 0 aromatic heterocycles. The highest BCUT2D eigenvalue weighted by atomic mass is 16.4. The van der Waals surface area contributed by atoms with Crippen LogP contribution in [-0.2, 0) is 10.3 Å². The zero-order valence-electron chi connectivity index (χ0n) is 10.4. The van der Waals surface area contributed by atoms with Gasteiger partial charge in [0.15, 0.2) is 0 Å². The summed E-state index contributed by atoms with van der Waals surface area (Å²) < 4.78 is 0. The van der Waals surface area contributed by atoms with Crippen LogP contribution in [0.2, 0.25) is 0 Å². The van der Waals surface area contributed by atoms with Crippen LogP contribution in [0.3, 0.4) is 0 Å². The van der Waals surface area contributed by atoms with Gasteiger partial charge in [0.05, 0.1) is 0 Å². The van der Waals surface area contributed by atoms with E-state index in [1.54, 1.807) is 12.1 Å². The number of phenols is 1. The number of aromatic hydroxyl groups is 1. The van der Waals surface area contributed by atoms with Crippen molar-refractivity contribution < 1.29 is 15.0 Å². The quantitative estimate of drug-likeness (QED) is 0.733. The Morgan fingerprint density at radius 3 is 2.24 bits per heavy atom. The molecule has 0 aliphatic carbocycles. The minimum Gasteiger partial charge on any atom is -0.508 e. The van der Waals surface area contributed by atoms with Gasteiger partial charge in [-0.15, -0.1) is 0 Å². The van der Waals surface area contributed by atoms with Crippen LogP contribution < -0.4 is 5.32 Å². The van der Waals surface area contributed by atoms with Gasteiger partial charge in [0.1, 0.15) is 11.3 Å². The van der Waals surface area contributed by atoms with Crippen molar-refractivity contribution in [2.24, 2.45) is 0 Å². The molecule has 0 bridgehead atoms. The van der Waals surface area contributed by atoms with Crippen molar-refractivity contribution in [3.05, 3.63) is 29.8 Å². The first-order valence-corrected chi connectivity index (χ1v) is 5.73. The van der Waals surface area contributed by atoms with Gasteiger partial charge in [-0.1, -0.05) is 19.1 Å². The van der Waals surface area contributed by atoms with E-state index in [1.807, 2.05) is 20.8 Å². The molecule has 1 aromatic rings. The van der Waals surface area contributed by atoms with Gasteiger partial charge in [0.25, 0.3) is 0 Å². The van der Waals surface area contributed by atoms with Crippen LogP contribution >= 0.6 is 0 Å². The second kappa shape index (κ2) is 5.19. The third-order valence-corrected chi connectivity index (χ3v) is 2.79. The number of phenolic OH excluding ortho intramolecular Hbond substituents is 1. The smallest absolute Gasteiger partial charge is 0.328 e. The average Bonchev–Trinajstić information content (AvgIpc) is 2.26. The van der Waals surface area contributed by atoms with Gasteiger partial charge in [-0.3, -0.25) is 5.32 Å². The number of rotatable bonds is 5. The molecular formula is C13H19NO3. The molecule has 0 heterocycles. The lowest BCUT2D eigenvalue weighted by atomic mass is 9.86. The van der Waals surface area contributed by atoms with Crippen molar-refractivity contribution in [2.75, 3.05) is 0 Å². The lowest BCUT2D eigenvalue weighted by molar-refractivity contribution is -0.146. The van der Waals surface area contributed by atoms with Crippen molar-refractivity contribution in [1.29, 1.82) is 0 Å². The minimum atomic E-state index is -1.10. The van der Waals surface area contributed by atoms with Crippen molar-refractivity contribution in [3.63, 3.8) is 0 Å². The molecule has 0 aliphatic rings. The number of hydrogen-bond donors (Lipinski definition) is 3. The maximum absolute atomic E-state index is 11.5. The zero-order chi connectivity index (χ0) is 13.1. The van der Waals surface area contributed by atoms with Gasteiger partial charge in [-0.2, -0.15) is 0 Å². The summed E-state index contributed by atoms with van der Waals surface area (Å²) in [6.07, 6.45) is 0.436. The highest BCUT2D eigenvalue weighted by molar-refractivity contribution is 5.80. The largest absolute Gasteiger partial charge is 0.508 e. The van der Waals surface area contributed by atoms with E-state index in [-0.39, 0.29) is 11.8 Å². The van der Waals surface area contributed by atoms with Crippen LogP contribution in [-0.4, -0.2) is 22.2 Å². The first kappa shape index (κ1) is 13.5. The van der Waals surface area contributed by atoms with Crippen LogP contribution in [0.25, 0.3) is 0 Å². The fourth-order valence-electron chi connectivity index (χ4n) is 1.96. The Morgan fingerprint density at radius 1 is 1.35 bits per heavy atom. The molecule has 0 radical (unpaired) electrons. The topological polar surface area (TPSA) is 69.6 Å². The maximum atomic E-state index is 11.5. The first-order valence-electron chi connectivity index (χ1n) is 5.73. The molecule has 0 amide bonds. The first-order chi connectivity index (χ1) is 7.92. The van der Waals surface area contributed by atoms with Crippen LogP contribution in [0, 0.1) is 0 Å². The molecule has 17 heavy (non-hydrogen) atoms. The molecule has 1 aromatic carbocycles. The molecule has 1 unspecified atom stereocenters. The van der Waals surface area contributed by atoms with Crippen LogP contribution in [0.15, 0.2) is 24.3 Å². The third kappa shape index (κ3) is 2.77. The highest BCUT2D eigenvalue weighted by Gasteiger charge is 2.38. The van der Waals surface area contributed by atoms with Crippen LogP contribution in [0.5, 0.6) is 5.75 Å². The summed E-state index contributed by atoms with van der Waals surface area (Å²) in [6.45, 7) is 5.65. The number of carboxylic acid groups (broad SMARTS) is 1. The molecule has 4 nitrogen and oxygen atoms in total. The second-order valence-electron chi connectivity index (χ2n) is 4.41. The summed E-state index contributed by atoms with van der Waals surface area (Å²) in [5, 5.41) is 21.8. The molecule has 0 saturated carbocycles. The van der Waals surface area contributed by atoms with Crippen LogP contribution in [0.1, 0.15) is 32.8 Å². The third-order valence-electron chi connectivity index (χ3n) is 2.79. The predicted molar refractivity (Wildman–Crippen MR) is 66.0 cm³/mol. The van der Waals surface area contributed by atoms with Gasteiger partial charge in [0.2, 0.25) is 0 Å². The second-order valence-corrected chi connectivity index (χ2v) is 4.41. The molecule has 0 spiro atoms. The Morgan fingerprint density at radius 2 is 1.88 bits per heavy atom. The number of carboxylic acids is 1. The summed E-state index contributed by atoms with van der Waals surface area (Å²) in [6, 6.07) is 6.35. The van der Waals surface area contributed by atoms with Crippen molar-refractivity contribution in [3.8, 4) is 5.75 Å². The molecule has 0 saturated heterocycles. The van der Waals surface area contributed by atoms with Crippen molar-refractivity contribution in [2.45, 2.75) is 38.8 Å². The number of aliphatic carboxylic acids is 1. The molecule has 3 N–H and O–H groups in total. The Balaban J connectivity index is 3.21. The van der Waals surface area contributed by atoms with Crippen molar-refractivity contribution in [1.82, 2.24) is 5.32 Å². The SMILES string of the molecule is CCC(NC(C)C)(C(=O)O)c1ccc(O)cc1. The number of hydrogen-bond acceptors (Lipinski definition) is 3. The van der Waals surface area contributed by atoms with Crippen molar-refractivity contribution >= 4 is 5.97 Å². The van der Waals surface area contributed by atoms with Gasteiger partial charge in [0, 0.05) is 6.04 Å². The predicted octanol–water partition coefficient (Wildman–Crippen LogP) is 2.08. The van der Waals surface area contributed by atoms with Gasteiger partial charge in [-0.25, -0.2) is 4.79 Å². The Hall–Kier alpha value is -1.55. The lowest BCUT2D eigenvalue weighted by Crippen LogP contribution is -2.51. The van der Waals surface area contributed by atoms with Gasteiger partial charge < -0.3 is 10.2 Å². The Bertz CT molecular complexity index is 386. The molecule has 0 fully saturated rings. The van der Waals surface area contributed by atoms with E-state index < -0.39 is 11.5 Å². The van der Waals surface area contributed by atoms with E-state index in [0.29, 0.717) is 12.0 Å². The Labute approximate surface area is 101 Å². The molecular weight excluding hydrogens is 218 g/mol. The van der Waals surface area contributed by atoms with E-state index in [4.69, 9.17) is 0 Å². The molecule has 1 atom stereocenters. The number of nitrogens with one attached hydrogen (secondary N) is 1. The molecule has 4 heteroatoms. The molecule has 0 aliphatic heterocycles. The highest BCUT2D eigenvalue weighted by Crippen LogP contribution is 2.27. The summed E-state index contributed by atoms with van der Waals surface area (Å²) in [5.74, 6) is -0.770. The molecule has 94 valence electrons. The summed E-state index contributed by atoms with van der Waals surface area (Å²) in [4.78, 5) is 11.5. The standard InChI is InChI=1S/C13H19NO3/c1-4-13(12(16)17,14-9(2)3)10-5-7-11(15)8-6-10/h5-9,14-15H,4H2,1-3H3,(H,16,17). The Kier molecular flexibility index (Phi) is 4.12. The van der Waals surface area contributed by atoms with Gasteiger partial charge >= 0.3 is 5.97 Å². The number of carbonyl (C=O) groups is 1. The zero-order valence-corrected chi connectivity index (χ0v) is 10.4. The summed E-state index contributed by atoms with van der Waals surface area (Å²) >= 11 is 0. The fraction of sp³-hybridized carbons (Fsp3) is 0.462. The van der Waals surface area contributed by atoms with E-state index in [1.165, 1.54) is 12.1 Å². The van der Waals surface area contributed by atoms with E-state index in [2.05, 4.69) is 5.32 Å². The van der Waals surface area contributed by atoms with E-state index in [0.717, 1.165) is 0 Å². The van der Waals surface area contributed by atoms with Crippen LogP contribution in [0.4, 0.5) is 0 Å². The van der Waals surface area contributed by atoms with Gasteiger partial charge in [-0.05, 0) is 38.0 Å². The van der Waals surface area contributed by atoms with E-state index >= 15 is 0 Å². The summed E-state index contributed by atoms with van der Waals surface area (Å²) in [7, 11) is 0. The monoisotopic (exact) mass is 237 g/mol. The normalized spacial score (nSPS) is 14.6. The minimum absolute atomic E-state index is 0.0554. The lowest BCUT2D eigenvalue weighted by Gasteiger charge is -2.32. The summed E-state index contributed by atoms with van der Waals surface area (Å²) in [5.41, 5.74) is -0.444. The molecule has 1 rings (SSSR count). The maximum Gasteiger partial charge on any atom is 0.328 e.